The quantitative estimate of drug-likeness (QED) is 0.513. The van der Waals surface area contributed by atoms with Gasteiger partial charge in [-0.1, -0.05) is 26.8 Å². The second-order valence-corrected chi connectivity index (χ2v) is 3.76. The first-order valence-electron chi connectivity index (χ1n) is 3.58. The molecule has 3 heteroatoms. The number of hydrogen-bond donors (Lipinski definition) is 1. The lowest BCUT2D eigenvalue weighted by Gasteiger charge is -2.18. The molecule has 0 aliphatic carbocycles. The number of hydrogen-bond acceptors (Lipinski definition) is 3. The van der Waals surface area contributed by atoms with Crippen molar-refractivity contribution in [3.63, 3.8) is 0 Å². The Bertz CT molecular complexity index is 165. The number of allylic oxidation sites excluding steroid dienone is 2. The first kappa shape index (κ1) is 10.7. The van der Waals surface area contributed by atoms with Crippen molar-refractivity contribution in [3.8, 4) is 0 Å². The van der Waals surface area contributed by atoms with E-state index in [0.29, 0.717) is 0 Å². The minimum absolute atomic E-state index is 0.161. The minimum Gasteiger partial charge on any atom is -0.258 e. The van der Waals surface area contributed by atoms with Crippen LogP contribution in [0.25, 0.3) is 0 Å². The molecule has 2 nitrogen and oxygen atoms in total. The van der Waals surface area contributed by atoms with Gasteiger partial charge in [0, 0.05) is 6.21 Å². The minimum atomic E-state index is 0.161. The highest BCUT2D eigenvalue weighted by atomic mass is 32.2. The molecule has 2 N–H and O–H groups in total. The van der Waals surface area contributed by atoms with Gasteiger partial charge in [0.2, 0.25) is 0 Å². The van der Waals surface area contributed by atoms with Crippen LogP contribution < -0.4 is 5.14 Å². The lowest BCUT2D eigenvalue weighted by molar-refractivity contribution is 0.526. The number of nitrogens with zero attached hydrogens (tertiary/aromatic N) is 1. The average Bonchev–Trinajstić information content (AvgIpc) is 1.87. The van der Waals surface area contributed by atoms with Gasteiger partial charge in [0.1, 0.15) is 0 Å². The fraction of sp³-hybridized carbons (Fsp3) is 0.625. The highest BCUT2D eigenvalue weighted by Gasteiger charge is 2.13. The van der Waals surface area contributed by atoms with Crippen LogP contribution in [0.4, 0.5) is 0 Å². The zero-order valence-electron chi connectivity index (χ0n) is 7.59. The summed E-state index contributed by atoms with van der Waals surface area (Å²) >= 11 is 0.990. The van der Waals surface area contributed by atoms with Gasteiger partial charge in [0.25, 0.3) is 0 Å². The first-order chi connectivity index (χ1) is 5.02. The Labute approximate surface area is 73.2 Å². The van der Waals surface area contributed by atoms with E-state index in [0.717, 1.165) is 12.1 Å². The van der Waals surface area contributed by atoms with Gasteiger partial charge in [-0.25, -0.2) is 4.40 Å². The third-order valence-electron chi connectivity index (χ3n) is 1.43. The molecule has 0 saturated carbocycles. The molecule has 0 radical (unpaired) electrons. The SMILES string of the molecule is C/C=C(\C=N/SN)C(C)(C)C. The summed E-state index contributed by atoms with van der Waals surface area (Å²) in [5.41, 5.74) is 1.36. The first-order valence-corrected chi connectivity index (χ1v) is 4.42. The summed E-state index contributed by atoms with van der Waals surface area (Å²) in [7, 11) is 0. The summed E-state index contributed by atoms with van der Waals surface area (Å²) in [5.74, 6) is 0. The monoisotopic (exact) mass is 172 g/mol. The molecule has 0 rings (SSSR count). The third-order valence-corrected chi connectivity index (χ3v) is 1.66. The zero-order valence-corrected chi connectivity index (χ0v) is 8.40. The number of nitrogens with two attached hydrogens (primary N) is 1. The molecule has 0 fully saturated rings. The molecule has 11 heavy (non-hydrogen) atoms. The maximum atomic E-state index is 5.17. The molecule has 0 saturated heterocycles. The summed E-state index contributed by atoms with van der Waals surface area (Å²) in [6, 6.07) is 0. The normalized spacial score (nSPS) is 14.5. The summed E-state index contributed by atoms with van der Waals surface area (Å²) in [6.45, 7) is 8.45. The van der Waals surface area contributed by atoms with Crippen molar-refractivity contribution in [2.45, 2.75) is 27.7 Å². The van der Waals surface area contributed by atoms with E-state index < -0.39 is 0 Å². The maximum Gasteiger partial charge on any atom is 0.0555 e. The van der Waals surface area contributed by atoms with Gasteiger partial charge < -0.3 is 0 Å². The van der Waals surface area contributed by atoms with Gasteiger partial charge in [-0.2, -0.15) is 0 Å². The molecule has 0 amide bonds. The summed E-state index contributed by atoms with van der Waals surface area (Å²) in [5, 5.41) is 5.17. The van der Waals surface area contributed by atoms with Gasteiger partial charge >= 0.3 is 0 Å². The Morgan fingerprint density at radius 1 is 1.45 bits per heavy atom. The van der Waals surface area contributed by atoms with E-state index in [4.69, 9.17) is 5.14 Å². The van der Waals surface area contributed by atoms with Crippen molar-refractivity contribution >= 4 is 18.3 Å². The Morgan fingerprint density at radius 2 is 2.00 bits per heavy atom. The van der Waals surface area contributed by atoms with Crippen LogP contribution in [0.3, 0.4) is 0 Å². The van der Waals surface area contributed by atoms with Crippen LogP contribution in [0.15, 0.2) is 16.0 Å². The van der Waals surface area contributed by atoms with E-state index in [1.807, 2.05) is 13.1 Å². The second kappa shape index (κ2) is 4.57. The van der Waals surface area contributed by atoms with E-state index >= 15 is 0 Å². The zero-order chi connectivity index (χ0) is 8.91. The molecular weight excluding hydrogens is 156 g/mol. The van der Waals surface area contributed by atoms with E-state index in [9.17, 15) is 0 Å². The average molecular weight is 172 g/mol. The third kappa shape index (κ3) is 4.22. The van der Waals surface area contributed by atoms with Crippen molar-refractivity contribution in [2.24, 2.45) is 15.0 Å². The smallest absolute Gasteiger partial charge is 0.0555 e. The molecule has 0 aliphatic rings. The van der Waals surface area contributed by atoms with Crippen LogP contribution in [0.1, 0.15) is 27.7 Å². The summed E-state index contributed by atoms with van der Waals surface area (Å²) in [6.07, 6.45) is 3.87. The second-order valence-electron chi connectivity index (χ2n) is 3.33. The highest BCUT2D eigenvalue weighted by Crippen LogP contribution is 2.23. The standard InChI is InChI=1S/C8H16N2S/c1-5-7(6-10-11-9)8(2,3)4/h5-6H,9H2,1-4H3/b7-5+,10-6-. The van der Waals surface area contributed by atoms with Gasteiger partial charge in [-0.15, -0.1) is 0 Å². The van der Waals surface area contributed by atoms with Crippen LogP contribution >= 0.6 is 12.1 Å². The van der Waals surface area contributed by atoms with E-state index in [2.05, 4.69) is 31.2 Å². The molecule has 0 aromatic rings. The molecule has 0 bridgehead atoms. The van der Waals surface area contributed by atoms with Gasteiger partial charge in [-0.3, -0.25) is 5.14 Å². The fourth-order valence-corrected chi connectivity index (χ4v) is 0.963. The molecule has 0 aromatic carbocycles. The Kier molecular flexibility index (Phi) is 4.45. The van der Waals surface area contributed by atoms with Crippen LogP contribution in [0.2, 0.25) is 0 Å². The molecule has 0 aromatic heterocycles. The van der Waals surface area contributed by atoms with Crippen molar-refractivity contribution < 1.29 is 0 Å². The predicted octanol–water partition coefficient (Wildman–Crippen LogP) is 2.57. The predicted molar refractivity (Wildman–Crippen MR) is 53.5 cm³/mol. The molecule has 64 valence electrons. The lowest BCUT2D eigenvalue weighted by atomic mass is 9.87. The highest BCUT2D eigenvalue weighted by molar-refractivity contribution is 7.95. The van der Waals surface area contributed by atoms with Gasteiger partial charge in [-0.05, 0) is 17.9 Å². The molecule has 0 aliphatic heterocycles. The molecule has 0 spiro atoms. The van der Waals surface area contributed by atoms with Gasteiger partial charge in [0.05, 0.1) is 12.1 Å². The summed E-state index contributed by atoms with van der Waals surface area (Å²) in [4.78, 5) is 0. The van der Waals surface area contributed by atoms with Crippen LogP contribution in [0.5, 0.6) is 0 Å². The molecule has 0 atom stereocenters. The Hall–Kier alpha value is -0.280. The molecular formula is C8H16N2S. The van der Waals surface area contributed by atoms with Crippen molar-refractivity contribution in [1.29, 1.82) is 0 Å². The van der Waals surface area contributed by atoms with Crippen LogP contribution in [0, 0.1) is 5.41 Å². The Morgan fingerprint density at radius 3 is 2.27 bits per heavy atom. The fourth-order valence-electron chi connectivity index (χ4n) is 0.788. The van der Waals surface area contributed by atoms with Gasteiger partial charge in [0.15, 0.2) is 0 Å². The van der Waals surface area contributed by atoms with E-state index in [1.54, 1.807) is 0 Å². The lowest BCUT2D eigenvalue weighted by Crippen LogP contribution is -2.09. The van der Waals surface area contributed by atoms with E-state index in [1.165, 1.54) is 5.57 Å². The van der Waals surface area contributed by atoms with E-state index in [-0.39, 0.29) is 5.41 Å². The largest absolute Gasteiger partial charge is 0.258 e. The molecule has 0 heterocycles. The number of rotatable bonds is 2. The van der Waals surface area contributed by atoms with Crippen molar-refractivity contribution in [2.75, 3.05) is 0 Å². The van der Waals surface area contributed by atoms with Crippen molar-refractivity contribution in [3.05, 3.63) is 11.6 Å². The van der Waals surface area contributed by atoms with Crippen molar-refractivity contribution in [1.82, 2.24) is 0 Å². The van der Waals surface area contributed by atoms with Crippen LogP contribution in [-0.2, 0) is 0 Å². The summed E-state index contributed by atoms with van der Waals surface area (Å²) < 4.78 is 3.91. The topological polar surface area (TPSA) is 38.4 Å². The molecule has 0 unspecified atom stereocenters. The Balaban J connectivity index is 4.33. The maximum absolute atomic E-state index is 5.17. The van der Waals surface area contributed by atoms with Crippen LogP contribution in [-0.4, -0.2) is 6.21 Å².